The fourth-order valence-electron chi connectivity index (χ4n) is 3.66. The molecule has 1 aromatic carbocycles. The number of hydrogen-bond donors (Lipinski definition) is 0. The minimum Gasteiger partial charge on any atom is -0.622 e. The van der Waals surface area contributed by atoms with Crippen molar-refractivity contribution >= 4 is 16.7 Å². The lowest BCUT2D eigenvalue weighted by atomic mass is 9.91. The summed E-state index contributed by atoms with van der Waals surface area (Å²) in [5.74, 6) is 1.10. The molecule has 4 rings (SSSR count). The van der Waals surface area contributed by atoms with Crippen LogP contribution in [0.15, 0.2) is 47.0 Å². The minimum atomic E-state index is -0.427. The molecule has 0 bridgehead atoms. The Morgan fingerprint density at radius 1 is 1.26 bits per heavy atom. The zero-order chi connectivity index (χ0) is 16.0. The predicted octanol–water partition coefficient (Wildman–Crippen LogP) is 3.74. The van der Waals surface area contributed by atoms with Gasteiger partial charge in [-0.25, -0.2) is 0 Å². The third-order valence-corrected chi connectivity index (χ3v) is 5.12. The fraction of sp³-hybridized carbons (Fsp3) is 0.368. The number of benzene rings is 1. The molecular formula is C19H22N2O2. The molecule has 2 aromatic rings. The van der Waals surface area contributed by atoms with Gasteiger partial charge in [-0.3, -0.25) is 4.65 Å². The number of furan rings is 1. The maximum absolute atomic E-state index is 13.0. The van der Waals surface area contributed by atoms with Gasteiger partial charge in [0.05, 0.1) is 0 Å². The molecule has 0 saturated carbocycles. The Morgan fingerprint density at radius 2 is 2.13 bits per heavy atom. The van der Waals surface area contributed by atoms with Crippen LogP contribution >= 0.6 is 0 Å². The molecule has 23 heavy (non-hydrogen) atoms. The topological polar surface area (TPSA) is 39.4 Å². The van der Waals surface area contributed by atoms with Crippen molar-refractivity contribution < 1.29 is 4.42 Å². The summed E-state index contributed by atoms with van der Waals surface area (Å²) in [6.07, 6.45) is 10.5. The first-order valence-corrected chi connectivity index (χ1v) is 8.21. The largest absolute Gasteiger partial charge is 0.622 e. The van der Waals surface area contributed by atoms with Crippen LogP contribution in [0.3, 0.4) is 0 Å². The lowest BCUT2D eigenvalue weighted by Crippen LogP contribution is -2.38. The van der Waals surface area contributed by atoms with E-state index in [0.717, 1.165) is 41.7 Å². The molecular weight excluding hydrogens is 288 g/mol. The lowest BCUT2D eigenvalue weighted by molar-refractivity contribution is 0.261. The van der Waals surface area contributed by atoms with Gasteiger partial charge in [-0.05, 0) is 45.2 Å². The van der Waals surface area contributed by atoms with Crippen molar-refractivity contribution in [1.29, 1.82) is 0 Å². The zero-order valence-corrected chi connectivity index (χ0v) is 13.7. The molecule has 0 amide bonds. The van der Waals surface area contributed by atoms with E-state index in [1.54, 1.807) is 6.20 Å². The first kappa shape index (κ1) is 14.7. The summed E-state index contributed by atoms with van der Waals surface area (Å²) in [7, 11) is 4.26. The van der Waals surface area contributed by atoms with Crippen LogP contribution in [0, 0.1) is 5.21 Å². The number of hydrogen-bond acceptors (Lipinski definition) is 3. The van der Waals surface area contributed by atoms with Gasteiger partial charge in [0, 0.05) is 35.5 Å². The SMILES string of the molecule is CN(C)C1CCc2oc3ccc([N+]4([O-])C=CC=CC4)cc3c2C1. The van der Waals surface area contributed by atoms with Crippen LogP contribution in [0.1, 0.15) is 17.7 Å². The summed E-state index contributed by atoms with van der Waals surface area (Å²) in [6.45, 7) is 0.447. The smallest absolute Gasteiger partial charge is 0.138 e. The fourth-order valence-corrected chi connectivity index (χ4v) is 3.66. The van der Waals surface area contributed by atoms with Gasteiger partial charge in [0.25, 0.3) is 0 Å². The summed E-state index contributed by atoms with van der Waals surface area (Å²) in [4.78, 5) is 2.28. The normalized spacial score (nSPS) is 26.9. The first-order valence-electron chi connectivity index (χ1n) is 8.21. The van der Waals surface area contributed by atoms with Crippen LogP contribution in [0.2, 0.25) is 0 Å². The van der Waals surface area contributed by atoms with Crippen molar-refractivity contribution in [2.24, 2.45) is 0 Å². The standard InChI is InChI=1S/C19H22N2O2/c1-20(2)14-6-8-18-16(12-14)17-13-15(7-9-19(17)23-18)21(22)10-4-3-5-11-21/h3-5,7,9-10,13-14H,6,8,11-12H2,1-2H3. The molecule has 4 heteroatoms. The number of fused-ring (bicyclic) bond motifs is 3. The first-order chi connectivity index (χ1) is 11.1. The van der Waals surface area contributed by atoms with Crippen LogP contribution in [0.4, 0.5) is 5.69 Å². The van der Waals surface area contributed by atoms with E-state index in [0.29, 0.717) is 12.6 Å². The summed E-state index contributed by atoms with van der Waals surface area (Å²) in [5.41, 5.74) is 2.96. The molecule has 120 valence electrons. The summed E-state index contributed by atoms with van der Waals surface area (Å²) in [6, 6.07) is 6.43. The number of likely N-dealkylation sites (N-methyl/N-ethyl adjacent to an activating group) is 1. The number of rotatable bonds is 2. The van der Waals surface area contributed by atoms with Gasteiger partial charge in [0.15, 0.2) is 0 Å². The van der Waals surface area contributed by atoms with Gasteiger partial charge < -0.3 is 14.5 Å². The Hall–Kier alpha value is -1.88. The Bertz CT molecular complexity index is 803. The molecule has 0 spiro atoms. The van der Waals surface area contributed by atoms with Crippen molar-refractivity contribution in [2.75, 3.05) is 20.6 Å². The monoisotopic (exact) mass is 310 g/mol. The van der Waals surface area contributed by atoms with Gasteiger partial charge >= 0.3 is 0 Å². The van der Waals surface area contributed by atoms with Crippen molar-refractivity contribution in [3.8, 4) is 0 Å². The van der Waals surface area contributed by atoms with E-state index in [1.807, 2.05) is 36.4 Å². The van der Waals surface area contributed by atoms with E-state index in [2.05, 4.69) is 19.0 Å². The van der Waals surface area contributed by atoms with E-state index in [4.69, 9.17) is 4.42 Å². The van der Waals surface area contributed by atoms with Gasteiger partial charge in [0.1, 0.15) is 29.8 Å². The second kappa shape index (κ2) is 5.34. The van der Waals surface area contributed by atoms with E-state index in [9.17, 15) is 5.21 Å². The second-order valence-electron chi connectivity index (χ2n) is 6.79. The Balaban J connectivity index is 1.79. The van der Waals surface area contributed by atoms with Gasteiger partial charge in [-0.1, -0.05) is 6.08 Å². The quantitative estimate of drug-likeness (QED) is 0.626. The predicted molar refractivity (Wildman–Crippen MR) is 94.0 cm³/mol. The highest BCUT2D eigenvalue weighted by Gasteiger charge is 2.27. The summed E-state index contributed by atoms with van der Waals surface area (Å²) in [5, 5.41) is 14.1. The molecule has 0 fully saturated rings. The highest BCUT2D eigenvalue weighted by Crippen LogP contribution is 2.36. The number of aryl methyl sites for hydroxylation is 1. The lowest BCUT2D eigenvalue weighted by Gasteiger charge is -2.38. The summed E-state index contributed by atoms with van der Waals surface area (Å²) >= 11 is 0. The number of hydroxylamine groups is 2. The van der Waals surface area contributed by atoms with Crippen molar-refractivity contribution in [1.82, 2.24) is 9.55 Å². The second-order valence-corrected chi connectivity index (χ2v) is 6.79. The molecule has 0 N–H and O–H groups in total. The zero-order valence-electron chi connectivity index (χ0n) is 13.7. The minimum absolute atomic E-state index is 0.427. The molecule has 2 aliphatic rings. The molecule has 4 nitrogen and oxygen atoms in total. The number of nitrogens with zero attached hydrogens (tertiary/aromatic N) is 2. The van der Waals surface area contributed by atoms with Crippen molar-refractivity contribution in [3.63, 3.8) is 0 Å². The van der Waals surface area contributed by atoms with E-state index < -0.39 is 4.65 Å². The van der Waals surface area contributed by atoms with E-state index in [1.165, 1.54) is 5.56 Å². The van der Waals surface area contributed by atoms with E-state index >= 15 is 0 Å². The maximum atomic E-state index is 13.0. The van der Waals surface area contributed by atoms with E-state index in [-0.39, 0.29) is 0 Å². The molecule has 1 aliphatic carbocycles. The third kappa shape index (κ3) is 2.43. The van der Waals surface area contributed by atoms with Gasteiger partial charge in [-0.2, -0.15) is 0 Å². The Kier molecular flexibility index (Phi) is 3.41. The van der Waals surface area contributed by atoms with Gasteiger partial charge in [0.2, 0.25) is 0 Å². The van der Waals surface area contributed by atoms with Crippen LogP contribution < -0.4 is 4.65 Å². The van der Waals surface area contributed by atoms with Crippen LogP contribution in [-0.2, 0) is 12.8 Å². The number of allylic oxidation sites excluding steroid dienone is 2. The van der Waals surface area contributed by atoms with Gasteiger partial charge in [-0.15, -0.1) is 0 Å². The average molecular weight is 310 g/mol. The van der Waals surface area contributed by atoms with Crippen molar-refractivity contribution in [2.45, 2.75) is 25.3 Å². The Labute approximate surface area is 136 Å². The maximum Gasteiger partial charge on any atom is 0.138 e. The van der Waals surface area contributed by atoms with Crippen LogP contribution in [-0.4, -0.2) is 31.6 Å². The molecule has 0 saturated heterocycles. The van der Waals surface area contributed by atoms with Crippen LogP contribution in [0.5, 0.6) is 0 Å². The summed E-state index contributed by atoms with van der Waals surface area (Å²) < 4.78 is 5.61. The average Bonchev–Trinajstić information content (AvgIpc) is 2.92. The molecule has 2 heterocycles. The molecule has 1 aromatic heterocycles. The Morgan fingerprint density at radius 3 is 2.87 bits per heavy atom. The highest BCUT2D eigenvalue weighted by molar-refractivity contribution is 5.86. The molecule has 2 unspecified atom stereocenters. The molecule has 1 aliphatic heterocycles. The molecule has 2 atom stereocenters. The van der Waals surface area contributed by atoms with Crippen LogP contribution in [0.25, 0.3) is 11.0 Å². The highest BCUT2D eigenvalue weighted by atomic mass is 16.5. The van der Waals surface area contributed by atoms with Crippen molar-refractivity contribution in [3.05, 3.63) is 59.2 Å². The third-order valence-electron chi connectivity index (χ3n) is 5.12. The number of quaternary nitrogens is 1. The molecule has 0 radical (unpaired) electrons.